The molecule has 2 N–H and O–H groups in total. The summed E-state index contributed by atoms with van der Waals surface area (Å²) in [6.45, 7) is 6.65. The molecule has 1 fully saturated rings. The van der Waals surface area contributed by atoms with Gasteiger partial charge in [0.1, 0.15) is 0 Å². The monoisotopic (exact) mass is 256 g/mol. The number of rotatable bonds is 5. The molecule has 1 rings (SSSR count). The fourth-order valence-electron chi connectivity index (χ4n) is 3.14. The molecule has 0 saturated heterocycles. The Balaban J connectivity index is 2.75. The second-order valence-corrected chi connectivity index (χ2v) is 6.42. The fourth-order valence-corrected chi connectivity index (χ4v) is 3.14. The first-order valence-corrected chi connectivity index (χ1v) is 7.03. The molecule has 4 nitrogen and oxygen atoms in total. The molecule has 0 radical (unpaired) electrons. The van der Waals surface area contributed by atoms with Gasteiger partial charge in [-0.1, -0.05) is 25.7 Å². The second kappa shape index (κ2) is 6.41. The Labute approximate surface area is 111 Å². The van der Waals surface area contributed by atoms with E-state index in [4.69, 9.17) is 0 Å². The lowest BCUT2D eigenvalue weighted by Gasteiger charge is -2.40. The van der Waals surface area contributed by atoms with E-state index in [1.807, 2.05) is 27.8 Å². The van der Waals surface area contributed by atoms with Crippen molar-refractivity contribution in [2.45, 2.75) is 64.5 Å². The molecule has 106 valence electrons. The quantitative estimate of drug-likeness (QED) is 0.795. The average molecular weight is 256 g/mol. The van der Waals surface area contributed by atoms with Crippen LogP contribution in [0, 0.1) is 5.92 Å². The zero-order valence-corrected chi connectivity index (χ0v) is 12.2. The Morgan fingerprint density at radius 1 is 1.39 bits per heavy atom. The molecule has 0 aromatic heterocycles. The lowest BCUT2D eigenvalue weighted by molar-refractivity contribution is 0.0619. The van der Waals surface area contributed by atoms with Crippen LogP contribution >= 0.6 is 0 Å². The van der Waals surface area contributed by atoms with Crippen LogP contribution in [0.1, 0.15) is 52.9 Å². The number of nitrogens with zero attached hydrogens (tertiary/aromatic N) is 1. The van der Waals surface area contributed by atoms with Gasteiger partial charge in [-0.3, -0.25) is 4.90 Å². The van der Waals surface area contributed by atoms with Gasteiger partial charge in [-0.05, 0) is 40.2 Å². The third-order valence-corrected chi connectivity index (χ3v) is 3.81. The van der Waals surface area contributed by atoms with Gasteiger partial charge >= 0.3 is 6.09 Å². The summed E-state index contributed by atoms with van der Waals surface area (Å²) in [4.78, 5) is 13.2. The van der Waals surface area contributed by atoms with E-state index < -0.39 is 6.09 Å². The lowest BCUT2D eigenvalue weighted by Crippen LogP contribution is -2.54. The summed E-state index contributed by atoms with van der Waals surface area (Å²) >= 11 is 0. The molecule has 0 spiro atoms. The minimum absolute atomic E-state index is 0.0793. The van der Waals surface area contributed by atoms with Gasteiger partial charge in [0.2, 0.25) is 0 Å². The predicted molar refractivity (Wildman–Crippen MR) is 73.9 cm³/mol. The van der Waals surface area contributed by atoms with E-state index in [1.165, 1.54) is 25.7 Å². The highest BCUT2D eigenvalue weighted by molar-refractivity contribution is 5.66. The number of hydrogen-bond acceptors (Lipinski definition) is 2. The molecule has 0 aromatic carbocycles. The van der Waals surface area contributed by atoms with Crippen LogP contribution in [-0.4, -0.2) is 41.3 Å². The number of amides is 1. The maximum Gasteiger partial charge on any atom is 0.408 e. The minimum atomic E-state index is -0.805. The molecule has 0 heterocycles. The summed E-state index contributed by atoms with van der Waals surface area (Å²) in [6.07, 6.45) is 5.32. The van der Waals surface area contributed by atoms with E-state index in [0.717, 1.165) is 13.0 Å². The third kappa shape index (κ3) is 4.16. The number of carboxylic acid groups (broad SMARTS) is 1. The highest BCUT2D eigenvalue weighted by Gasteiger charge is 2.34. The van der Waals surface area contributed by atoms with Gasteiger partial charge in [0.05, 0.1) is 0 Å². The Hall–Kier alpha value is -0.770. The molecule has 1 atom stereocenters. The average Bonchev–Trinajstić information content (AvgIpc) is 2.67. The highest BCUT2D eigenvalue weighted by atomic mass is 16.4. The maximum atomic E-state index is 11.5. The van der Waals surface area contributed by atoms with Crippen molar-refractivity contribution in [1.82, 2.24) is 10.2 Å². The zero-order valence-electron chi connectivity index (χ0n) is 12.2. The third-order valence-electron chi connectivity index (χ3n) is 3.81. The first-order chi connectivity index (χ1) is 8.36. The van der Waals surface area contributed by atoms with Crippen LogP contribution in [-0.2, 0) is 0 Å². The van der Waals surface area contributed by atoms with E-state index in [2.05, 4.69) is 5.32 Å². The number of hydrogen-bond donors (Lipinski definition) is 2. The molecule has 18 heavy (non-hydrogen) atoms. The van der Waals surface area contributed by atoms with Crippen LogP contribution < -0.4 is 5.32 Å². The summed E-state index contributed by atoms with van der Waals surface area (Å²) in [6, 6.07) is 0.0793. The van der Waals surface area contributed by atoms with E-state index in [9.17, 15) is 9.90 Å². The van der Waals surface area contributed by atoms with Crippen molar-refractivity contribution in [3.8, 4) is 0 Å². The fraction of sp³-hybridized carbons (Fsp3) is 0.929. The molecule has 0 unspecified atom stereocenters. The molecular formula is C14H28N2O2. The van der Waals surface area contributed by atoms with Crippen molar-refractivity contribution in [2.24, 2.45) is 5.92 Å². The van der Waals surface area contributed by atoms with Crippen molar-refractivity contribution >= 4 is 6.09 Å². The van der Waals surface area contributed by atoms with Crippen molar-refractivity contribution in [3.63, 3.8) is 0 Å². The van der Waals surface area contributed by atoms with Crippen LogP contribution in [0.3, 0.4) is 0 Å². The van der Waals surface area contributed by atoms with E-state index in [0.29, 0.717) is 5.92 Å². The largest absolute Gasteiger partial charge is 0.465 e. The molecule has 1 aliphatic rings. The van der Waals surface area contributed by atoms with Crippen molar-refractivity contribution in [3.05, 3.63) is 0 Å². The topological polar surface area (TPSA) is 52.6 Å². The summed E-state index contributed by atoms with van der Waals surface area (Å²) in [5.41, 5.74) is -0.341. The smallest absolute Gasteiger partial charge is 0.408 e. The highest BCUT2D eigenvalue weighted by Crippen LogP contribution is 2.31. The maximum absolute atomic E-state index is 11.5. The molecule has 0 aliphatic heterocycles. The van der Waals surface area contributed by atoms with Gasteiger partial charge in [-0.2, -0.15) is 0 Å². The minimum Gasteiger partial charge on any atom is -0.465 e. The summed E-state index contributed by atoms with van der Waals surface area (Å²) < 4.78 is 0. The van der Waals surface area contributed by atoms with Gasteiger partial charge in [0.25, 0.3) is 0 Å². The summed E-state index contributed by atoms with van der Waals surface area (Å²) in [7, 11) is 1.89. The van der Waals surface area contributed by atoms with E-state index >= 15 is 0 Å². The van der Waals surface area contributed by atoms with Crippen LogP contribution in [0.4, 0.5) is 4.79 Å². The predicted octanol–water partition coefficient (Wildman–Crippen LogP) is 2.93. The van der Waals surface area contributed by atoms with Crippen LogP contribution in [0.15, 0.2) is 0 Å². The molecule has 1 aliphatic carbocycles. The number of likely N-dealkylation sites (N-methyl/N-ethyl adjacent to an activating group) is 1. The first-order valence-electron chi connectivity index (χ1n) is 7.03. The Kier molecular flexibility index (Phi) is 5.45. The summed E-state index contributed by atoms with van der Waals surface area (Å²) in [5.74, 6) is 0.701. The van der Waals surface area contributed by atoms with Crippen molar-refractivity contribution in [2.75, 3.05) is 13.6 Å². The van der Waals surface area contributed by atoms with Gasteiger partial charge < -0.3 is 10.4 Å². The first kappa shape index (κ1) is 15.3. The van der Waals surface area contributed by atoms with Crippen LogP contribution in [0.2, 0.25) is 0 Å². The zero-order chi connectivity index (χ0) is 13.8. The Morgan fingerprint density at radius 2 is 1.94 bits per heavy atom. The standard InChI is InChI=1S/C14H28N2O2/c1-14(2,3)16(13(17)18)12(10-15-4)9-11-7-5-6-8-11/h11-12,15H,5-10H2,1-4H3,(H,17,18)/t12-/m0/s1. The molecule has 1 amide bonds. The van der Waals surface area contributed by atoms with E-state index in [1.54, 1.807) is 4.90 Å². The normalized spacial score (nSPS) is 18.9. The van der Waals surface area contributed by atoms with Crippen LogP contribution in [0.25, 0.3) is 0 Å². The SMILES string of the molecule is CNC[C@H](CC1CCCC1)N(C(=O)O)C(C)(C)C. The molecular weight excluding hydrogens is 228 g/mol. The van der Waals surface area contributed by atoms with Gasteiger partial charge in [-0.15, -0.1) is 0 Å². The van der Waals surface area contributed by atoms with Gasteiger partial charge in [0, 0.05) is 18.1 Å². The Bertz CT molecular complexity index is 267. The molecule has 1 saturated carbocycles. The number of carbonyl (C=O) groups is 1. The molecule has 0 bridgehead atoms. The molecule has 4 heteroatoms. The van der Waals surface area contributed by atoms with Gasteiger partial charge in [0.15, 0.2) is 0 Å². The van der Waals surface area contributed by atoms with Gasteiger partial charge in [-0.25, -0.2) is 4.79 Å². The number of nitrogens with one attached hydrogen (secondary N) is 1. The summed E-state index contributed by atoms with van der Waals surface area (Å²) in [5, 5.41) is 12.6. The van der Waals surface area contributed by atoms with E-state index in [-0.39, 0.29) is 11.6 Å². The molecule has 0 aromatic rings. The second-order valence-electron chi connectivity index (χ2n) is 6.42. The van der Waals surface area contributed by atoms with Crippen molar-refractivity contribution < 1.29 is 9.90 Å². The lowest BCUT2D eigenvalue weighted by atomic mass is 9.94. The van der Waals surface area contributed by atoms with Crippen LogP contribution in [0.5, 0.6) is 0 Å². The van der Waals surface area contributed by atoms with Crippen molar-refractivity contribution in [1.29, 1.82) is 0 Å². The Morgan fingerprint density at radius 3 is 2.33 bits per heavy atom.